The van der Waals surface area contributed by atoms with E-state index in [1.54, 1.807) is 16.5 Å². The zero-order chi connectivity index (χ0) is 16.4. The first kappa shape index (κ1) is 15.0. The summed E-state index contributed by atoms with van der Waals surface area (Å²) in [6.07, 6.45) is 2.46. The van der Waals surface area contributed by atoms with Crippen molar-refractivity contribution in [3.63, 3.8) is 0 Å². The molecule has 24 heavy (non-hydrogen) atoms. The number of para-hydroxylation sites is 1. The first-order valence-corrected chi connectivity index (χ1v) is 8.68. The van der Waals surface area contributed by atoms with Crippen molar-refractivity contribution in [2.75, 3.05) is 13.1 Å². The summed E-state index contributed by atoms with van der Waals surface area (Å²) in [5, 5.41) is 2.51. The maximum absolute atomic E-state index is 12.6. The Morgan fingerprint density at radius 2 is 2.12 bits per heavy atom. The Kier molecular flexibility index (Phi) is 4.04. The number of carbonyl (C=O) groups is 1. The van der Waals surface area contributed by atoms with Gasteiger partial charge in [0.2, 0.25) is 0 Å². The molecule has 0 N–H and O–H groups in total. The van der Waals surface area contributed by atoms with Crippen LogP contribution in [0.25, 0.3) is 10.8 Å². The van der Waals surface area contributed by atoms with Crippen molar-refractivity contribution >= 4 is 17.2 Å². The van der Waals surface area contributed by atoms with Crippen LogP contribution in [0.15, 0.2) is 58.5 Å². The van der Waals surface area contributed by atoms with Crippen LogP contribution in [-0.2, 0) is 0 Å². The van der Waals surface area contributed by atoms with Crippen molar-refractivity contribution in [2.24, 2.45) is 0 Å². The zero-order valence-corrected chi connectivity index (χ0v) is 13.7. The third-order valence-electron chi connectivity index (χ3n) is 3.93. The van der Waals surface area contributed by atoms with Crippen LogP contribution in [-0.4, -0.2) is 35.0 Å². The highest BCUT2D eigenvalue weighted by Crippen LogP contribution is 2.25. The van der Waals surface area contributed by atoms with Crippen LogP contribution in [0, 0.1) is 0 Å². The van der Waals surface area contributed by atoms with E-state index in [9.17, 15) is 4.79 Å². The lowest BCUT2D eigenvalue weighted by Gasteiger charge is -2.16. The molecule has 122 valence electrons. The number of carbonyl (C=O) groups excluding carboxylic acids is 1. The molecule has 1 aliphatic heterocycles. The van der Waals surface area contributed by atoms with Gasteiger partial charge in [-0.3, -0.25) is 4.79 Å². The van der Waals surface area contributed by atoms with Crippen LogP contribution in [0.2, 0.25) is 0 Å². The van der Waals surface area contributed by atoms with Crippen LogP contribution >= 0.6 is 11.3 Å². The molecular formula is C18H16N2O3S. The van der Waals surface area contributed by atoms with Gasteiger partial charge in [0, 0.05) is 18.3 Å². The minimum Gasteiger partial charge on any atom is -0.489 e. The second-order valence-electron chi connectivity index (χ2n) is 5.61. The Labute approximate surface area is 143 Å². The van der Waals surface area contributed by atoms with Crippen LogP contribution in [0.3, 0.4) is 0 Å². The number of benzene rings is 1. The van der Waals surface area contributed by atoms with Crippen molar-refractivity contribution < 1.29 is 13.9 Å². The Bertz CT molecular complexity index is 814. The summed E-state index contributed by atoms with van der Waals surface area (Å²) in [6, 6.07) is 13.4. The lowest BCUT2D eigenvalue weighted by Crippen LogP contribution is -2.31. The smallest absolute Gasteiger partial charge is 0.273 e. The highest BCUT2D eigenvalue weighted by Gasteiger charge is 2.29. The second kappa shape index (κ2) is 6.49. The summed E-state index contributed by atoms with van der Waals surface area (Å²) in [7, 11) is 0. The van der Waals surface area contributed by atoms with Gasteiger partial charge in [-0.2, -0.15) is 0 Å². The van der Waals surface area contributed by atoms with Crippen LogP contribution in [0.5, 0.6) is 5.75 Å². The predicted molar refractivity (Wildman–Crippen MR) is 91.2 cm³/mol. The molecular weight excluding hydrogens is 324 g/mol. The van der Waals surface area contributed by atoms with Gasteiger partial charge in [0.05, 0.1) is 12.8 Å². The van der Waals surface area contributed by atoms with Crippen molar-refractivity contribution in [3.8, 4) is 16.5 Å². The molecule has 1 fully saturated rings. The van der Waals surface area contributed by atoms with E-state index in [0.717, 1.165) is 17.2 Å². The number of aromatic nitrogens is 1. The zero-order valence-electron chi connectivity index (χ0n) is 12.9. The number of ether oxygens (including phenoxy) is 1. The third kappa shape index (κ3) is 3.05. The lowest BCUT2D eigenvalue weighted by molar-refractivity contribution is 0.0767. The summed E-state index contributed by atoms with van der Waals surface area (Å²) in [5.41, 5.74) is 0.465. The summed E-state index contributed by atoms with van der Waals surface area (Å²) < 4.78 is 11.3. The molecule has 0 radical (unpaired) electrons. The number of thiazole rings is 1. The Hall–Kier alpha value is -2.60. The van der Waals surface area contributed by atoms with Gasteiger partial charge in [-0.05, 0) is 24.3 Å². The van der Waals surface area contributed by atoms with Gasteiger partial charge in [0.1, 0.15) is 17.5 Å². The molecule has 2 aromatic heterocycles. The predicted octanol–water partition coefficient (Wildman–Crippen LogP) is 3.70. The number of amides is 1. The summed E-state index contributed by atoms with van der Waals surface area (Å²) in [5.74, 6) is 1.47. The summed E-state index contributed by atoms with van der Waals surface area (Å²) in [4.78, 5) is 18.8. The van der Waals surface area contributed by atoms with E-state index >= 15 is 0 Å². The minimum atomic E-state index is -0.0526. The summed E-state index contributed by atoms with van der Waals surface area (Å²) >= 11 is 1.41. The molecule has 0 aliphatic carbocycles. The fourth-order valence-corrected chi connectivity index (χ4v) is 3.51. The average molecular weight is 340 g/mol. The highest BCUT2D eigenvalue weighted by molar-refractivity contribution is 7.13. The summed E-state index contributed by atoms with van der Waals surface area (Å²) in [6.45, 7) is 1.27. The molecule has 1 atom stereocenters. The normalized spacial score (nSPS) is 17.2. The van der Waals surface area contributed by atoms with Crippen LogP contribution in [0.1, 0.15) is 16.9 Å². The Morgan fingerprint density at radius 3 is 2.92 bits per heavy atom. The molecule has 6 heteroatoms. The van der Waals surface area contributed by atoms with Gasteiger partial charge in [-0.15, -0.1) is 11.3 Å². The topological polar surface area (TPSA) is 55.6 Å². The van der Waals surface area contributed by atoms with Crippen molar-refractivity contribution in [1.29, 1.82) is 0 Å². The number of nitrogens with zero attached hydrogens (tertiary/aromatic N) is 2. The van der Waals surface area contributed by atoms with Gasteiger partial charge >= 0.3 is 0 Å². The van der Waals surface area contributed by atoms with E-state index in [0.29, 0.717) is 24.5 Å². The number of furan rings is 1. The largest absolute Gasteiger partial charge is 0.489 e. The molecule has 0 saturated carbocycles. The first-order chi connectivity index (χ1) is 11.8. The number of likely N-dealkylation sites (tertiary alicyclic amines) is 1. The molecule has 3 aromatic rings. The number of hydrogen-bond acceptors (Lipinski definition) is 5. The maximum atomic E-state index is 12.6. The van der Waals surface area contributed by atoms with Gasteiger partial charge in [-0.25, -0.2) is 4.98 Å². The number of hydrogen-bond donors (Lipinski definition) is 0. The minimum absolute atomic E-state index is 0.0273. The second-order valence-corrected chi connectivity index (χ2v) is 6.47. The lowest BCUT2D eigenvalue weighted by atomic mass is 10.3. The Morgan fingerprint density at radius 1 is 1.25 bits per heavy atom. The third-order valence-corrected chi connectivity index (χ3v) is 4.79. The van der Waals surface area contributed by atoms with Gasteiger partial charge in [0.25, 0.3) is 5.91 Å². The van der Waals surface area contributed by atoms with Crippen molar-refractivity contribution in [1.82, 2.24) is 9.88 Å². The molecule has 4 rings (SSSR count). The molecule has 1 aromatic carbocycles. The molecule has 0 bridgehead atoms. The average Bonchev–Trinajstić information content (AvgIpc) is 3.36. The SMILES string of the molecule is O=C(c1csc(-c2ccco2)n1)N1CCC(Oc2ccccc2)C1. The van der Waals surface area contributed by atoms with E-state index < -0.39 is 0 Å². The maximum Gasteiger partial charge on any atom is 0.273 e. The quantitative estimate of drug-likeness (QED) is 0.727. The fourth-order valence-electron chi connectivity index (χ4n) is 2.75. The van der Waals surface area contributed by atoms with E-state index in [1.807, 2.05) is 42.5 Å². The van der Waals surface area contributed by atoms with Gasteiger partial charge in [-0.1, -0.05) is 18.2 Å². The standard InChI is InChI=1S/C18H16N2O3S/c21-18(15-12-24-17(19-15)16-7-4-10-22-16)20-9-8-14(11-20)23-13-5-2-1-3-6-13/h1-7,10,12,14H,8-9,11H2. The molecule has 3 heterocycles. The highest BCUT2D eigenvalue weighted by atomic mass is 32.1. The number of rotatable bonds is 4. The molecule has 1 unspecified atom stereocenters. The van der Waals surface area contributed by atoms with E-state index in [4.69, 9.17) is 9.15 Å². The van der Waals surface area contributed by atoms with E-state index in [1.165, 1.54) is 11.3 Å². The van der Waals surface area contributed by atoms with Gasteiger partial charge < -0.3 is 14.1 Å². The van der Waals surface area contributed by atoms with Gasteiger partial charge in [0.15, 0.2) is 10.8 Å². The first-order valence-electron chi connectivity index (χ1n) is 7.80. The van der Waals surface area contributed by atoms with E-state index in [-0.39, 0.29) is 12.0 Å². The molecule has 1 amide bonds. The molecule has 1 saturated heterocycles. The molecule has 1 aliphatic rings. The van der Waals surface area contributed by atoms with Crippen molar-refractivity contribution in [2.45, 2.75) is 12.5 Å². The monoisotopic (exact) mass is 340 g/mol. The molecule has 0 spiro atoms. The molecule has 5 nitrogen and oxygen atoms in total. The Balaban J connectivity index is 1.41. The van der Waals surface area contributed by atoms with Crippen LogP contribution in [0.4, 0.5) is 0 Å². The fraction of sp³-hybridized carbons (Fsp3) is 0.222. The van der Waals surface area contributed by atoms with Crippen molar-refractivity contribution in [3.05, 3.63) is 59.8 Å². The van der Waals surface area contributed by atoms with Crippen LogP contribution < -0.4 is 4.74 Å². The van der Waals surface area contributed by atoms with E-state index in [2.05, 4.69) is 4.98 Å².